The zero-order valence-corrected chi connectivity index (χ0v) is 10.8. The summed E-state index contributed by atoms with van der Waals surface area (Å²) in [5.41, 5.74) is 4.49. The van der Waals surface area contributed by atoms with E-state index in [2.05, 4.69) is 16.6 Å². The highest BCUT2D eigenvalue weighted by molar-refractivity contribution is 6.02. The number of allylic oxidation sites excluding steroid dienone is 2. The van der Waals surface area contributed by atoms with Crippen LogP contribution in [0.4, 0.5) is 17.1 Å². The van der Waals surface area contributed by atoms with Gasteiger partial charge in [0.1, 0.15) is 5.69 Å². The normalized spacial score (nSPS) is 16.2. The highest BCUT2D eigenvalue weighted by Crippen LogP contribution is 2.29. The summed E-state index contributed by atoms with van der Waals surface area (Å²) in [7, 11) is 0. The second-order valence-corrected chi connectivity index (χ2v) is 4.34. The van der Waals surface area contributed by atoms with Gasteiger partial charge in [-0.2, -0.15) is 5.10 Å². The first kappa shape index (κ1) is 14.3. The zero-order chi connectivity index (χ0) is 14.7. The maximum absolute atomic E-state index is 10.7. The fourth-order valence-electron chi connectivity index (χ4n) is 1.91. The Hall–Kier alpha value is -2.13. The molecule has 0 bridgehead atoms. The van der Waals surface area contributed by atoms with Gasteiger partial charge in [-0.1, -0.05) is 6.08 Å². The fraction of sp³-hybridized carbons (Fsp3) is 0.250. The molecule has 0 saturated carbocycles. The van der Waals surface area contributed by atoms with Crippen LogP contribution in [-0.4, -0.2) is 16.1 Å². The summed E-state index contributed by atoms with van der Waals surface area (Å²) in [5, 5.41) is 43.0. The van der Waals surface area contributed by atoms with E-state index in [0.717, 1.165) is 30.2 Å². The van der Waals surface area contributed by atoms with Gasteiger partial charge >= 0.3 is 0 Å². The monoisotopic (exact) mass is 278 g/mol. The Kier molecular flexibility index (Phi) is 4.20. The first-order valence-electron chi connectivity index (χ1n) is 5.95. The second-order valence-electron chi connectivity index (χ2n) is 4.34. The summed E-state index contributed by atoms with van der Waals surface area (Å²) >= 11 is 0. The fourth-order valence-corrected chi connectivity index (χ4v) is 1.91. The SMILES string of the molecule is CC1=CCCC1=NNc1ccc(N([O-])[O-])cc1N(O)O. The van der Waals surface area contributed by atoms with Crippen LogP contribution in [0.15, 0.2) is 34.9 Å². The first-order valence-corrected chi connectivity index (χ1v) is 5.95. The second kappa shape index (κ2) is 5.88. The van der Waals surface area contributed by atoms with Crippen molar-refractivity contribution in [3.63, 3.8) is 0 Å². The van der Waals surface area contributed by atoms with E-state index in [9.17, 15) is 10.4 Å². The number of hydrazone groups is 1. The molecule has 0 radical (unpaired) electrons. The van der Waals surface area contributed by atoms with Crippen LogP contribution in [0.25, 0.3) is 0 Å². The molecule has 0 aromatic heterocycles. The molecule has 1 aromatic rings. The van der Waals surface area contributed by atoms with Gasteiger partial charge in [-0.15, -0.1) is 5.23 Å². The minimum Gasteiger partial charge on any atom is -0.769 e. The van der Waals surface area contributed by atoms with Crippen LogP contribution in [0.3, 0.4) is 0 Å². The third-order valence-electron chi connectivity index (χ3n) is 3.01. The van der Waals surface area contributed by atoms with Crippen LogP contribution in [-0.2, 0) is 0 Å². The first-order chi connectivity index (χ1) is 9.49. The molecule has 0 amide bonds. The Bertz CT molecular complexity index is 554. The number of anilines is 3. The van der Waals surface area contributed by atoms with E-state index in [0.29, 0.717) is 0 Å². The van der Waals surface area contributed by atoms with E-state index in [1.807, 2.05) is 6.92 Å². The molecule has 0 atom stereocenters. The zero-order valence-electron chi connectivity index (χ0n) is 10.8. The number of rotatable bonds is 4. The van der Waals surface area contributed by atoms with Crippen molar-refractivity contribution < 1.29 is 10.4 Å². The molecule has 20 heavy (non-hydrogen) atoms. The lowest BCUT2D eigenvalue weighted by atomic mass is 10.2. The molecule has 1 aliphatic rings. The van der Waals surface area contributed by atoms with Crippen LogP contribution in [0.1, 0.15) is 19.8 Å². The van der Waals surface area contributed by atoms with E-state index >= 15 is 0 Å². The lowest BCUT2D eigenvalue weighted by Gasteiger charge is -2.37. The molecule has 0 saturated heterocycles. The summed E-state index contributed by atoms with van der Waals surface area (Å²) < 4.78 is 0. The van der Waals surface area contributed by atoms with Crippen molar-refractivity contribution in [2.45, 2.75) is 19.8 Å². The van der Waals surface area contributed by atoms with Crippen molar-refractivity contribution >= 4 is 22.8 Å². The maximum Gasteiger partial charge on any atom is 0.121 e. The van der Waals surface area contributed by atoms with Gasteiger partial charge in [-0.05, 0) is 43.5 Å². The molecule has 0 aliphatic heterocycles. The van der Waals surface area contributed by atoms with Gasteiger partial charge < -0.3 is 15.6 Å². The highest BCUT2D eigenvalue weighted by atomic mass is 16.8. The molecule has 0 fully saturated rings. The quantitative estimate of drug-likeness (QED) is 0.724. The smallest absolute Gasteiger partial charge is 0.121 e. The standard InChI is InChI=1S/C12H14N4O4/c1-8-3-2-4-10(8)13-14-11-6-5-9(15(17)18)7-12(11)16(19)20/h3,5-7,14,19-20H,2,4H2,1H3/q-2. The molecular formula is C12H14N4O4-2. The van der Waals surface area contributed by atoms with Gasteiger partial charge in [0.25, 0.3) is 0 Å². The Labute approximate surface area is 115 Å². The van der Waals surface area contributed by atoms with Crippen molar-refractivity contribution in [2.75, 3.05) is 15.9 Å². The predicted molar refractivity (Wildman–Crippen MR) is 75.8 cm³/mol. The van der Waals surface area contributed by atoms with Crippen LogP contribution < -0.4 is 15.9 Å². The Morgan fingerprint density at radius 1 is 1.30 bits per heavy atom. The number of nitrogens with zero attached hydrogens (tertiary/aromatic N) is 3. The number of nitrogens with one attached hydrogen (secondary N) is 1. The van der Waals surface area contributed by atoms with E-state index in [4.69, 9.17) is 10.4 Å². The molecule has 0 spiro atoms. The number of hydrogen-bond donors (Lipinski definition) is 3. The molecule has 1 aliphatic carbocycles. The summed E-state index contributed by atoms with van der Waals surface area (Å²) in [6.45, 7) is 1.94. The Morgan fingerprint density at radius 3 is 2.60 bits per heavy atom. The van der Waals surface area contributed by atoms with Gasteiger partial charge in [0, 0.05) is 5.69 Å². The van der Waals surface area contributed by atoms with Crippen LogP contribution in [0.2, 0.25) is 0 Å². The molecule has 3 N–H and O–H groups in total. The van der Waals surface area contributed by atoms with Crippen molar-refractivity contribution in [1.29, 1.82) is 0 Å². The minimum atomic E-state index is -0.619. The molecule has 108 valence electrons. The van der Waals surface area contributed by atoms with E-state index in [1.165, 1.54) is 12.1 Å². The summed E-state index contributed by atoms with van der Waals surface area (Å²) in [5.74, 6) is 0. The summed E-state index contributed by atoms with van der Waals surface area (Å²) in [4.78, 5) is 0. The van der Waals surface area contributed by atoms with E-state index < -0.39 is 5.23 Å². The third-order valence-corrected chi connectivity index (χ3v) is 3.01. The molecule has 0 heterocycles. The van der Waals surface area contributed by atoms with Crippen molar-refractivity contribution in [3.05, 3.63) is 40.3 Å². The number of benzene rings is 1. The van der Waals surface area contributed by atoms with E-state index in [1.54, 1.807) is 0 Å². The van der Waals surface area contributed by atoms with Crippen molar-refractivity contribution in [2.24, 2.45) is 5.10 Å². The molecule has 0 unspecified atom stereocenters. The van der Waals surface area contributed by atoms with Crippen molar-refractivity contribution in [3.8, 4) is 0 Å². The topological polar surface area (TPSA) is 117 Å². The predicted octanol–water partition coefficient (Wildman–Crippen LogP) is 2.58. The maximum atomic E-state index is 10.7. The molecular weight excluding hydrogens is 264 g/mol. The molecule has 8 nitrogen and oxygen atoms in total. The van der Waals surface area contributed by atoms with Crippen LogP contribution in [0.5, 0.6) is 0 Å². The van der Waals surface area contributed by atoms with Gasteiger partial charge in [-0.3, -0.25) is 15.8 Å². The summed E-state index contributed by atoms with van der Waals surface area (Å²) in [6.07, 6.45) is 3.79. The average molecular weight is 278 g/mol. The molecule has 8 heteroatoms. The minimum absolute atomic E-state index is 0.150. The Morgan fingerprint density at radius 2 is 2.05 bits per heavy atom. The van der Waals surface area contributed by atoms with E-state index in [-0.39, 0.29) is 22.3 Å². The molecule has 1 aromatic carbocycles. The third kappa shape index (κ3) is 3.06. The van der Waals surface area contributed by atoms with Gasteiger partial charge in [-0.25, -0.2) is 0 Å². The van der Waals surface area contributed by atoms with Gasteiger partial charge in [0.15, 0.2) is 0 Å². The molecule has 2 rings (SSSR count). The van der Waals surface area contributed by atoms with Gasteiger partial charge in [0.05, 0.1) is 11.4 Å². The average Bonchev–Trinajstić information content (AvgIpc) is 2.81. The van der Waals surface area contributed by atoms with Crippen LogP contribution >= 0.6 is 0 Å². The largest absolute Gasteiger partial charge is 0.769 e. The van der Waals surface area contributed by atoms with Gasteiger partial charge in [0.2, 0.25) is 0 Å². The lowest BCUT2D eigenvalue weighted by molar-refractivity contribution is 0.0295. The lowest BCUT2D eigenvalue weighted by Crippen LogP contribution is -2.14. The van der Waals surface area contributed by atoms with Crippen LogP contribution in [0, 0.1) is 10.4 Å². The highest BCUT2D eigenvalue weighted by Gasteiger charge is 2.11. The van der Waals surface area contributed by atoms with Crippen molar-refractivity contribution in [1.82, 2.24) is 0 Å². The Balaban J connectivity index is 2.25. The number of hydrogen-bond acceptors (Lipinski definition) is 8. The summed E-state index contributed by atoms with van der Waals surface area (Å²) in [6, 6.07) is 3.66.